The SMILES string of the molecule is COc1cccc([C@H](C(=O)NCCC(C)C)N(C(=O)Cn2nnc3ccccc32)c2ccc(OC)c(OC)c2)c1. The molecule has 0 aliphatic carbocycles. The van der Waals surface area contributed by atoms with E-state index >= 15 is 0 Å². The molecule has 0 saturated heterocycles. The number of fused-ring (bicyclic) bond motifs is 1. The molecular weight excluding hydrogens is 510 g/mol. The molecule has 3 aromatic carbocycles. The molecule has 0 spiro atoms. The van der Waals surface area contributed by atoms with Crippen LogP contribution in [0, 0.1) is 5.92 Å². The van der Waals surface area contributed by atoms with Crippen molar-refractivity contribution in [3.8, 4) is 17.2 Å². The van der Waals surface area contributed by atoms with Crippen LogP contribution in [0.4, 0.5) is 5.69 Å². The minimum Gasteiger partial charge on any atom is -0.497 e. The van der Waals surface area contributed by atoms with Crippen LogP contribution >= 0.6 is 0 Å². The Bertz CT molecular complexity index is 1470. The second-order valence-corrected chi connectivity index (χ2v) is 9.69. The summed E-state index contributed by atoms with van der Waals surface area (Å²) < 4.78 is 17.9. The van der Waals surface area contributed by atoms with Crippen molar-refractivity contribution >= 4 is 28.5 Å². The molecule has 2 amide bonds. The lowest BCUT2D eigenvalue weighted by Crippen LogP contribution is -2.45. The van der Waals surface area contributed by atoms with Crippen LogP contribution in [0.1, 0.15) is 31.9 Å². The van der Waals surface area contributed by atoms with E-state index < -0.39 is 6.04 Å². The van der Waals surface area contributed by atoms with Crippen molar-refractivity contribution < 1.29 is 23.8 Å². The molecule has 1 atom stereocenters. The number of benzene rings is 3. The predicted molar refractivity (Wildman–Crippen MR) is 153 cm³/mol. The van der Waals surface area contributed by atoms with Gasteiger partial charge in [-0.3, -0.25) is 14.5 Å². The van der Waals surface area contributed by atoms with Gasteiger partial charge in [0, 0.05) is 18.3 Å². The Kier molecular flexibility index (Phi) is 9.21. The minimum absolute atomic E-state index is 0.144. The Hall–Kier alpha value is -4.60. The quantitative estimate of drug-likeness (QED) is 0.281. The van der Waals surface area contributed by atoms with Crippen LogP contribution in [0.25, 0.3) is 11.0 Å². The fourth-order valence-corrected chi connectivity index (χ4v) is 4.46. The first kappa shape index (κ1) is 28.4. The summed E-state index contributed by atoms with van der Waals surface area (Å²) in [7, 11) is 4.62. The van der Waals surface area contributed by atoms with E-state index in [-0.39, 0.29) is 18.4 Å². The smallest absolute Gasteiger partial charge is 0.249 e. The normalized spacial score (nSPS) is 11.8. The van der Waals surface area contributed by atoms with Crippen molar-refractivity contribution in [2.24, 2.45) is 5.92 Å². The number of aromatic nitrogens is 3. The predicted octanol–water partition coefficient (Wildman–Crippen LogP) is 4.39. The Balaban J connectivity index is 1.83. The molecule has 1 aromatic heterocycles. The van der Waals surface area contributed by atoms with E-state index in [0.717, 1.165) is 6.42 Å². The number of rotatable bonds is 12. The number of hydrogen-bond acceptors (Lipinski definition) is 7. The number of carbonyl (C=O) groups is 2. The summed E-state index contributed by atoms with van der Waals surface area (Å²) in [6.07, 6.45) is 0.797. The molecule has 0 aliphatic heterocycles. The van der Waals surface area contributed by atoms with Gasteiger partial charge in [-0.05, 0) is 54.3 Å². The topological polar surface area (TPSA) is 108 Å². The Morgan fingerprint density at radius 3 is 2.42 bits per heavy atom. The summed E-state index contributed by atoms with van der Waals surface area (Å²) in [6, 6.07) is 18.7. The number of amides is 2. The Labute approximate surface area is 233 Å². The number of nitrogens with one attached hydrogen (secondary N) is 1. The van der Waals surface area contributed by atoms with Crippen molar-refractivity contribution in [3.05, 3.63) is 72.3 Å². The van der Waals surface area contributed by atoms with Crippen LogP contribution in [0.15, 0.2) is 66.7 Å². The molecule has 0 saturated carbocycles. The molecule has 40 heavy (non-hydrogen) atoms. The first-order valence-electron chi connectivity index (χ1n) is 13.1. The highest BCUT2D eigenvalue weighted by atomic mass is 16.5. The zero-order valence-electron chi connectivity index (χ0n) is 23.5. The second-order valence-electron chi connectivity index (χ2n) is 9.69. The number of para-hydroxylation sites is 1. The van der Waals surface area contributed by atoms with Gasteiger partial charge in [0.1, 0.15) is 23.9 Å². The van der Waals surface area contributed by atoms with Crippen LogP contribution in [0.5, 0.6) is 17.2 Å². The third-order valence-electron chi connectivity index (χ3n) is 6.56. The fraction of sp³-hybridized carbons (Fsp3) is 0.333. The van der Waals surface area contributed by atoms with E-state index in [2.05, 4.69) is 29.5 Å². The molecule has 0 bridgehead atoms. The van der Waals surface area contributed by atoms with E-state index in [1.807, 2.05) is 24.3 Å². The molecule has 1 N–H and O–H groups in total. The lowest BCUT2D eigenvalue weighted by Gasteiger charge is -2.32. The van der Waals surface area contributed by atoms with Crippen LogP contribution < -0.4 is 24.4 Å². The van der Waals surface area contributed by atoms with Crippen LogP contribution in [0.3, 0.4) is 0 Å². The van der Waals surface area contributed by atoms with Gasteiger partial charge in [0.2, 0.25) is 11.8 Å². The monoisotopic (exact) mass is 545 g/mol. The lowest BCUT2D eigenvalue weighted by atomic mass is 10.0. The van der Waals surface area contributed by atoms with Gasteiger partial charge in [-0.2, -0.15) is 0 Å². The highest BCUT2D eigenvalue weighted by Crippen LogP contribution is 2.36. The highest BCUT2D eigenvalue weighted by Gasteiger charge is 2.34. The Morgan fingerprint density at radius 1 is 0.925 bits per heavy atom. The first-order valence-corrected chi connectivity index (χ1v) is 13.1. The van der Waals surface area contributed by atoms with Gasteiger partial charge in [0.25, 0.3) is 0 Å². The standard InChI is InChI=1S/C30H35N5O5/c1-20(2)15-16-31-30(37)29(21-9-8-10-23(17-21)38-3)35(22-13-14-26(39-4)27(18-22)40-5)28(36)19-34-25-12-7-6-11-24(25)32-33-34/h6-14,17-18,20,29H,15-16,19H2,1-5H3,(H,31,37)/t29-/m1/s1. The van der Waals surface area contributed by atoms with Gasteiger partial charge >= 0.3 is 0 Å². The van der Waals surface area contributed by atoms with Crippen LogP contribution in [0.2, 0.25) is 0 Å². The average Bonchev–Trinajstić information content (AvgIpc) is 3.37. The summed E-state index contributed by atoms with van der Waals surface area (Å²) in [5.74, 6) is 1.21. The van der Waals surface area contributed by atoms with Crippen LogP contribution in [-0.4, -0.2) is 54.7 Å². The highest BCUT2D eigenvalue weighted by molar-refractivity contribution is 6.01. The number of nitrogens with zero attached hydrogens (tertiary/aromatic N) is 4. The average molecular weight is 546 g/mol. The molecule has 10 heteroatoms. The summed E-state index contributed by atoms with van der Waals surface area (Å²) in [5.41, 5.74) is 2.43. The third kappa shape index (κ3) is 6.33. The number of methoxy groups -OCH3 is 3. The minimum atomic E-state index is -1.01. The maximum absolute atomic E-state index is 14.2. The zero-order valence-corrected chi connectivity index (χ0v) is 23.5. The summed E-state index contributed by atoms with van der Waals surface area (Å²) >= 11 is 0. The molecule has 4 aromatic rings. The summed E-state index contributed by atoms with van der Waals surface area (Å²) in [6.45, 7) is 4.51. The molecule has 0 aliphatic rings. The van der Waals surface area contributed by atoms with Gasteiger partial charge in [-0.1, -0.05) is 43.3 Å². The van der Waals surface area contributed by atoms with E-state index in [9.17, 15) is 9.59 Å². The summed E-state index contributed by atoms with van der Waals surface area (Å²) in [5, 5.41) is 11.4. The molecule has 210 valence electrons. The third-order valence-corrected chi connectivity index (χ3v) is 6.56. The van der Waals surface area contributed by atoms with Gasteiger partial charge < -0.3 is 19.5 Å². The van der Waals surface area contributed by atoms with E-state index in [0.29, 0.717) is 52.0 Å². The first-order chi connectivity index (χ1) is 19.4. The molecule has 10 nitrogen and oxygen atoms in total. The lowest BCUT2D eigenvalue weighted by molar-refractivity contribution is -0.127. The maximum atomic E-state index is 14.2. The van der Waals surface area contributed by atoms with E-state index in [1.165, 1.54) is 23.8 Å². The zero-order chi connectivity index (χ0) is 28.6. The van der Waals surface area contributed by atoms with Crippen molar-refractivity contribution in [3.63, 3.8) is 0 Å². The molecule has 0 unspecified atom stereocenters. The van der Waals surface area contributed by atoms with Crippen molar-refractivity contribution in [1.29, 1.82) is 0 Å². The number of anilines is 1. The fourth-order valence-electron chi connectivity index (χ4n) is 4.46. The van der Waals surface area contributed by atoms with Gasteiger partial charge in [-0.15, -0.1) is 5.10 Å². The maximum Gasteiger partial charge on any atom is 0.249 e. The van der Waals surface area contributed by atoms with Crippen molar-refractivity contribution in [1.82, 2.24) is 20.3 Å². The molecule has 4 rings (SSSR count). The number of carbonyl (C=O) groups excluding carboxylic acids is 2. The van der Waals surface area contributed by atoms with Gasteiger partial charge in [-0.25, -0.2) is 4.68 Å². The van der Waals surface area contributed by atoms with Gasteiger partial charge in [0.15, 0.2) is 11.5 Å². The molecular formula is C30H35N5O5. The molecule has 0 fully saturated rings. The van der Waals surface area contributed by atoms with E-state index in [4.69, 9.17) is 14.2 Å². The number of ether oxygens (including phenoxy) is 3. The van der Waals surface area contributed by atoms with Gasteiger partial charge in [0.05, 0.1) is 26.8 Å². The largest absolute Gasteiger partial charge is 0.497 e. The second kappa shape index (κ2) is 13.0. The van der Waals surface area contributed by atoms with Crippen LogP contribution in [-0.2, 0) is 16.1 Å². The Morgan fingerprint density at radius 2 is 1.70 bits per heavy atom. The molecule has 1 heterocycles. The van der Waals surface area contributed by atoms with Crippen molar-refractivity contribution in [2.75, 3.05) is 32.8 Å². The van der Waals surface area contributed by atoms with Crippen molar-refractivity contribution in [2.45, 2.75) is 32.9 Å². The molecule has 0 radical (unpaired) electrons. The van der Waals surface area contributed by atoms with E-state index in [1.54, 1.807) is 49.6 Å². The number of hydrogen-bond donors (Lipinski definition) is 1. The summed E-state index contributed by atoms with van der Waals surface area (Å²) in [4.78, 5) is 29.6.